The standard InChI is InChI=1S/C6H10O2/c1-3-4-5(2)6(7)8/h5H,1-4H2,(H,7,8). The smallest absolute Gasteiger partial charge is 0.306 e. The van der Waals surface area contributed by atoms with Crippen LogP contribution in [0, 0.1) is 19.8 Å². The zero-order valence-electron chi connectivity index (χ0n) is 4.76. The quantitative estimate of drug-likeness (QED) is 0.597. The maximum absolute atomic E-state index is 10.00. The highest BCUT2D eigenvalue weighted by Gasteiger charge is 2.07. The van der Waals surface area contributed by atoms with Crippen LogP contribution in [0.3, 0.4) is 0 Å². The van der Waals surface area contributed by atoms with E-state index in [2.05, 4.69) is 13.8 Å². The van der Waals surface area contributed by atoms with Gasteiger partial charge in [0.15, 0.2) is 0 Å². The van der Waals surface area contributed by atoms with E-state index < -0.39 is 11.9 Å². The molecular formula is C6H10O2. The number of carbonyl (C=O) groups is 1. The predicted octanol–water partition coefficient (Wildman–Crippen LogP) is 1.14. The van der Waals surface area contributed by atoms with Crippen LogP contribution in [0.2, 0.25) is 0 Å². The molecule has 0 rings (SSSR count). The van der Waals surface area contributed by atoms with Gasteiger partial charge in [-0.2, -0.15) is 0 Å². The molecule has 0 saturated carbocycles. The van der Waals surface area contributed by atoms with Gasteiger partial charge in [0.1, 0.15) is 0 Å². The number of carboxylic acids is 1. The fourth-order valence-corrected chi connectivity index (χ4v) is 0.370. The van der Waals surface area contributed by atoms with Crippen LogP contribution in [0.5, 0.6) is 0 Å². The van der Waals surface area contributed by atoms with Crippen LogP contribution in [0.15, 0.2) is 0 Å². The van der Waals surface area contributed by atoms with Crippen LogP contribution in [0.25, 0.3) is 0 Å². The van der Waals surface area contributed by atoms with Crippen molar-refractivity contribution in [2.45, 2.75) is 12.8 Å². The predicted molar refractivity (Wildman–Crippen MR) is 31.1 cm³/mol. The van der Waals surface area contributed by atoms with Gasteiger partial charge < -0.3 is 5.11 Å². The first-order chi connectivity index (χ1) is 3.68. The van der Waals surface area contributed by atoms with Gasteiger partial charge in [0.25, 0.3) is 0 Å². The van der Waals surface area contributed by atoms with E-state index in [1.165, 1.54) is 0 Å². The van der Waals surface area contributed by atoms with Crippen molar-refractivity contribution in [3.8, 4) is 0 Å². The number of hydrogen-bond donors (Lipinski definition) is 1. The Balaban J connectivity index is 3.32. The normalized spacial score (nSPS) is 13.2. The van der Waals surface area contributed by atoms with E-state index in [-0.39, 0.29) is 0 Å². The van der Waals surface area contributed by atoms with Crippen LogP contribution in [-0.4, -0.2) is 11.1 Å². The molecule has 1 unspecified atom stereocenters. The van der Waals surface area contributed by atoms with Gasteiger partial charge in [-0.25, -0.2) is 0 Å². The Hall–Kier alpha value is -0.530. The Morgan fingerprint density at radius 3 is 2.38 bits per heavy atom. The Morgan fingerprint density at radius 2 is 2.25 bits per heavy atom. The minimum absolute atomic E-state index is 0.479. The Bertz CT molecular complexity index is 78.6. The Labute approximate surface area is 49.5 Å². The van der Waals surface area contributed by atoms with Crippen molar-refractivity contribution in [2.24, 2.45) is 5.92 Å². The highest BCUT2D eigenvalue weighted by Crippen LogP contribution is 2.02. The highest BCUT2D eigenvalue weighted by molar-refractivity contribution is 5.70. The molecule has 46 valence electrons. The number of carboxylic acid groups (broad SMARTS) is 1. The molecule has 0 aliphatic carbocycles. The van der Waals surface area contributed by atoms with Gasteiger partial charge in [-0.3, -0.25) is 4.79 Å². The summed E-state index contributed by atoms with van der Waals surface area (Å²) in [5.74, 6) is -1.32. The molecule has 2 radical (unpaired) electrons. The molecule has 0 amide bonds. The van der Waals surface area contributed by atoms with Gasteiger partial charge in [0.2, 0.25) is 0 Å². The second kappa shape index (κ2) is 3.47. The van der Waals surface area contributed by atoms with Crippen molar-refractivity contribution in [2.75, 3.05) is 0 Å². The SMILES string of the molecule is [CH2]CCC([CH2])C(=O)O. The molecule has 0 bridgehead atoms. The minimum Gasteiger partial charge on any atom is -0.481 e. The Morgan fingerprint density at radius 1 is 1.75 bits per heavy atom. The molecule has 2 heteroatoms. The molecule has 0 aromatic rings. The van der Waals surface area contributed by atoms with Crippen LogP contribution in [-0.2, 0) is 4.79 Å². The van der Waals surface area contributed by atoms with E-state index in [0.29, 0.717) is 12.8 Å². The van der Waals surface area contributed by atoms with Crippen molar-refractivity contribution < 1.29 is 9.90 Å². The fraction of sp³-hybridized carbons (Fsp3) is 0.500. The van der Waals surface area contributed by atoms with Crippen LogP contribution in [0.4, 0.5) is 0 Å². The largest absolute Gasteiger partial charge is 0.481 e. The van der Waals surface area contributed by atoms with Crippen LogP contribution in [0.1, 0.15) is 12.8 Å². The number of rotatable bonds is 3. The number of aliphatic carboxylic acids is 1. The third kappa shape index (κ3) is 2.61. The zero-order chi connectivity index (χ0) is 6.57. The molecule has 0 fully saturated rings. The highest BCUT2D eigenvalue weighted by atomic mass is 16.4. The molecule has 0 heterocycles. The van der Waals surface area contributed by atoms with E-state index in [0.717, 1.165) is 0 Å². The summed E-state index contributed by atoms with van der Waals surface area (Å²) in [7, 11) is 0. The van der Waals surface area contributed by atoms with E-state index in [1.54, 1.807) is 0 Å². The van der Waals surface area contributed by atoms with Crippen molar-refractivity contribution in [1.29, 1.82) is 0 Å². The summed E-state index contributed by atoms with van der Waals surface area (Å²) >= 11 is 0. The zero-order valence-corrected chi connectivity index (χ0v) is 4.76. The molecule has 0 aliphatic heterocycles. The lowest BCUT2D eigenvalue weighted by molar-refractivity contribution is -0.140. The average molecular weight is 114 g/mol. The molecule has 0 aromatic carbocycles. The molecule has 1 atom stereocenters. The lowest BCUT2D eigenvalue weighted by Gasteiger charge is -1.99. The first-order valence-electron chi connectivity index (χ1n) is 2.53. The van der Waals surface area contributed by atoms with Crippen molar-refractivity contribution in [1.82, 2.24) is 0 Å². The lowest BCUT2D eigenvalue weighted by atomic mass is 10.1. The van der Waals surface area contributed by atoms with E-state index in [9.17, 15) is 4.79 Å². The summed E-state index contributed by atoms with van der Waals surface area (Å²) in [6.45, 7) is 6.89. The second-order valence-electron chi connectivity index (χ2n) is 1.68. The molecule has 0 spiro atoms. The topological polar surface area (TPSA) is 37.3 Å². The van der Waals surface area contributed by atoms with Crippen molar-refractivity contribution >= 4 is 5.97 Å². The van der Waals surface area contributed by atoms with Crippen LogP contribution >= 0.6 is 0 Å². The molecule has 8 heavy (non-hydrogen) atoms. The first kappa shape index (κ1) is 7.47. The van der Waals surface area contributed by atoms with E-state index in [4.69, 9.17) is 5.11 Å². The summed E-state index contributed by atoms with van der Waals surface area (Å²) in [6.07, 6.45) is 1.20. The maximum Gasteiger partial charge on any atom is 0.306 e. The summed E-state index contributed by atoms with van der Waals surface area (Å²) in [5.41, 5.74) is 0. The molecular weight excluding hydrogens is 104 g/mol. The summed E-state index contributed by atoms with van der Waals surface area (Å²) < 4.78 is 0. The molecule has 2 nitrogen and oxygen atoms in total. The third-order valence-corrected chi connectivity index (χ3v) is 0.902. The molecule has 1 N–H and O–H groups in total. The Kier molecular flexibility index (Phi) is 3.24. The monoisotopic (exact) mass is 114 g/mol. The van der Waals surface area contributed by atoms with E-state index in [1.807, 2.05) is 0 Å². The number of hydrogen-bond acceptors (Lipinski definition) is 1. The van der Waals surface area contributed by atoms with Crippen molar-refractivity contribution in [3.63, 3.8) is 0 Å². The molecule has 0 saturated heterocycles. The lowest BCUT2D eigenvalue weighted by Crippen LogP contribution is -2.08. The van der Waals surface area contributed by atoms with Crippen molar-refractivity contribution in [3.05, 3.63) is 13.8 Å². The molecule has 0 aromatic heterocycles. The molecule has 0 aliphatic rings. The van der Waals surface area contributed by atoms with Gasteiger partial charge in [-0.15, -0.1) is 0 Å². The van der Waals surface area contributed by atoms with Gasteiger partial charge in [0.05, 0.1) is 5.92 Å². The maximum atomic E-state index is 10.00. The first-order valence-corrected chi connectivity index (χ1v) is 2.53. The van der Waals surface area contributed by atoms with E-state index >= 15 is 0 Å². The summed E-state index contributed by atoms with van der Waals surface area (Å²) in [4.78, 5) is 10.00. The van der Waals surface area contributed by atoms with Gasteiger partial charge in [0, 0.05) is 0 Å². The third-order valence-electron chi connectivity index (χ3n) is 0.902. The summed E-state index contributed by atoms with van der Waals surface area (Å²) in [5, 5.41) is 8.22. The second-order valence-corrected chi connectivity index (χ2v) is 1.68. The van der Waals surface area contributed by atoms with Gasteiger partial charge >= 0.3 is 5.97 Å². The van der Waals surface area contributed by atoms with Crippen LogP contribution < -0.4 is 0 Å². The average Bonchev–Trinajstić information content (AvgIpc) is 1.67. The fourth-order valence-electron chi connectivity index (χ4n) is 0.370. The summed E-state index contributed by atoms with van der Waals surface area (Å²) in [6, 6.07) is 0. The minimum atomic E-state index is -0.839. The van der Waals surface area contributed by atoms with Gasteiger partial charge in [-0.05, 0) is 13.3 Å². The van der Waals surface area contributed by atoms with Gasteiger partial charge in [-0.1, -0.05) is 13.3 Å².